The van der Waals surface area contributed by atoms with E-state index in [1.54, 1.807) is 0 Å². The summed E-state index contributed by atoms with van der Waals surface area (Å²) in [6.45, 7) is -0.248. The van der Waals surface area contributed by atoms with E-state index in [-0.39, 0.29) is 17.9 Å². The van der Waals surface area contributed by atoms with Gasteiger partial charge in [0.2, 0.25) is 5.91 Å². The molecule has 0 saturated heterocycles. The molecule has 106 valence electrons. The maximum Gasteiger partial charge on any atom is 0.516 e. The van der Waals surface area contributed by atoms with Gasteiger partial charge in [-0.2, -0.15) is 21.6 Å². The Bertz CT molecular complexity index is 554. The lowest BCUT2D eigenvalue weighted by atomic mass is 10.3. The maximum absolute atomic E-state index is 12.1. The average molecular weight is 297 g/mol. The van der Waals surface area contributed by atoms with Crippen LogP contribution in [0.3, 0.4) is 0 Å². The lowest BCUT2D eigenvalue weighted by Crippen LogP contribution is -2.29. The van der Waals surface area contributed by atoms with Crippen LogP contribution < -0.4 is 15.8 Å². The number of rotatable bonds is 4. The van der Waals surface area contributed by atoms with Gasteiger partial charge in [0.1, 0.15) is 0 Å². The second-order valence-electron chi connectivity index (χ2n) is 3.38. The molecule has 0 aliphatic carbocycles. The van der Waals surface area contributed by atoms with Crippen LogP contribution in [0.15, 0.2) is 24.3 Å². The first-order chi connectivity index (χ1) is 8.65. The molecule has 1 rings (SSSR count). The molecule has 0 spiro atoms. The van der Waals surface area contributed by atoms with E-state index in [0.29, 0.717) is 0 Å². The van der Waals surface area contributed by atoms with Gasteiger partial charge in [-0.25, -0.2) is 0 Å². The van der Waals surface area contributed by atoms with Crippen LogP contribution in [0.4, 0.5) is 24.5 Å². The van der Waals surface area contributed by atoms with E-state index in [2.05, 4.69) is 5.32 Å². The third-order valence-corrected chi connectivity index (χ3v) is 3.02. The number of carbonyl (C=O) groups excluding carboxylic acids is 1. The molecule has 1 amide bonds. The number of hydrogen-bond donors (Lipinski definition) is 3. The Morgan fingerprint density at radius 1 is 1.16 bits per heavy atom. The van der Waals surface area contributed by atoms with Gasteiger partial charge in [0.25, 0.3) is 0 Å². The van der Waals surface area contributed by atoms with Gasteiger partial charge in [0.05, 0.1) is 6.54 Å². The highest BCUT2D eigenvalue weighted by molar-refractivity contribution is 7.93. The quantitative estimate of drug-likeness (QED) is 0.766. The number of nitrogens with two attached hydrogens (primary N) is 1. The highest BCUT2D eigenvalue weighted by Gasteiger charge is 2.45. The second-order valence-corrected chi connectivity index (χ2v) is 5.05. The van der Waals surface area contributed by atoms with Crippen LogP contribution in [-0.4, -0.2) is 26.4 Å². The fourth-order valence-corrected chi connectivity index (χ4v) is 1.61. The summed E-state index contributed by atoms with van der Waals surface area (Å²) in [6.07, 6.45) is 0. The number of halogens is 3. The highest BCUT2D eigenvalue weighted by Crippen LogP contribution is 2.25. The van der Waals surface area contributed by atoms with Crippen LogP contribution >= 0.6 is 0 Å². The predicted octanol–water partition coefficient (Wildman–Crippen LogP) is 0.845. The van der Waals surface area contributed by atoms with Crippen molar-refractivity contribution in [2.45, 2.75) is 5.51 Å². The van der Waals surface area contributed by atoms with Gasteiger partial charge in [-0.05, 0) is 24.3 Å². The van der Waals surface area contributed by atoms with Crippen LogP contribution in [0.25, 0.3) is 0 Å². The molecule has 0 heterocycles. The zero-order chi connectivity index (χ0) is 14.7. The number of hydrogen-bond acceptors (Lipinski definition) is 4. The molecule has 0 atom stereocenters. The number of carbonyl (C=O) groups is 1. The lowest BCUT2D eigenvalue weighted by Gasteiger charge is -2.11. The van der Waals surface area contributed by atoms with E-state index >= 15 is 0 Å². The smallest absolute Gasteiger partial charge is 0.325 e. The molecule has 10 heteroatoms. The molecule has 1 aromatic rings. The Morgan fingerprint density at radius 2 is 1.63 bits per heavy atom. The zero-order valence-electron chi connectivity index (χ0n) is 9.36. The number of alkyl halides is 3. The first-order valence-electron chi connectivity index (χ1n) is 4.85. The largest absolute Gasteiger partial charge is 0.516 e. The average Bonchev–Trinajstić information content (AvgIpc) is 2.29. The van der Waals surface area contributed by atoms with Crippen molar-refractivity contribution in [2.75, 3.05) is 16.6 Å². The van der Waals surface area contributed by atoms with E-state index in [1.807, 2.05) is 0 Å². The summed E-state index contributed by atoms with van der Waals surface area (Å²) in [7, 11) is -5.45. The first kappa shape index (κ1) is 15.2. The van der Waals surface area contributed by atoms with E-state index < -0.39 is 21.4 Å². The summed E-state index contributed by atoms with van der Waals surface area (Å²) >= 11 is 0. The Morgan fingerprint density at radius 3 is 2.05 bits per heavy atom. The third-order valence-electron chi connectivity index (χ3n) is 1.91. The van der Waals surface area contributed by atoms with Crippen molar-refractivity contribution < 1.29 is 26.4 Å². The summed E-state index contributed by atoms with van der Waals surface area (Å²) in [6, 6.07) is 4.63. The predicted molar refractivity (Wildman–Crippen MR) is 62.7 cm³/mol. The van der Waals surface area contributed by atoms with E-state index in [9.17, 15) is 26.4 Å². The van der Waals surface area contributed by atoms with Gasteiger partial charge in [0, 0.05) is 11.4 Å². The molecule has 4 N–H and O–H groups in total. The molecule has 0 saturated carbocycles. The zero-order valence-corrected chi connectivity index (χ0v) is 10.2. The second kappa shape index (κ2) is 5.45. The molecule has 0 aromatic heterocycles. The Labute approximate surface area is 106 Å². The van der Waals surface area contributed by atoms with Gasteiger partial charge < -0.3 is 11.1 Å². The molecule has 0 fully saturated rings. The van der Waals surface area contributed by atoms with Gasteiger partial charge in [-0.1, -0.05) is 0 Å². The molecular weight excluding hydrogens is 287 g/mol. The molecule has 0 bridgehead atoms. The minimum Gasteiger partial charge on any atom is -0.325 e. The van der Waals surface area contributed by atoms with E-state index in [1.165, 1.54) is 16.9 Å². The minimum absolute atomic E-state index is 0.248. The summed E-state index contributed by atoms with van der Waals surface area (Å²) in [5, 5.41) is 2.35. The monoisotopic (exact) mass is 297 g/mol. The fraction of sp³-hybridized carbons (Fsp3) is 0.222. The summed E-state index contributed by atoms with van der Waals surface area (Å²) in [5.74, 6) is -0.483. The van der Waals surface area contributed by atoms with E-state index in [4.69, 9.17) is 5.73 Å². The van der Waals surface area contributed by atoms with Crippen molar-refractivity contribution in [1.29, 1.82) is 0 Å². The van der Waals surface area contributed by atoms with Crippen LogP contribution in [0.5, 0.6) is 0 Å². The topological polar surface area (TPSA) is 101 Å². The summed E-state index contributed by atoms with van der Waals surface area (Å²) in [4.78, 5) is 10.9. The van der Waals surface area contributed by atoms with Crippen LogP contribution in [0.2, 0.25) is 0 Å². The SMILES string of the molecule is NCC(=O)Nc1ccc(NS(=O)(=O)C(F)(F)F)cc1. The molecule has 6 nitrogen and oxygen atoms in total. The molecule has 0 unspecified atom stereocenters. The van der Waals surface area contributed by atoms with Crippen LogP contribution in [0, 0.1) is 0 Å². The van der Waals surface area contributed by atoms with Crippen molar-refractivity contribution >= 4 is 27.3 Å². The Kier molecular flexibility index (Phi) is 4.37. The fourth-order valence-electron chi connectivity index (χ4n) is 1.05. The normalized spacial score (nSPS) is 12.0. The number of amides is 1. The lowest BCUT2D eigenvalue weighted by molar-refractivity contribution is -0.114. The summed E-state index contributed by atoms with van der Waals surface area (Å²) < 4.78 is 59.3. The maximum atomic E-state index is 12.1. The Balaban J connectivity index is 2.81. The minimum atomic E-state index is -5.45. The van der Waals surface area contributed by atoms with Crippen molar-refractivity contribution in [3.05, 3.63) is 24.3 Å². The van der Waals surface area contributed by atoms with Gasteiger partial charge in [0.15, 0.2) is 0 Å². The standard InChI is InChI=1S/C9H10F3N3O3S/c10-9(11,12)19(17,18)15-7-3-1-6(2-4-7)14-8(16)5-13/h1-4,15H,5,13H2,(H,14,16). The highest BCUT2D eigenvalue weighted by atomic mass is 32.2. The van der Waals surface area contributed by atoms with Crippen molar-refractivity contribution in [1.82, 2.24) is 0 Å². The molecule has 0 radical (unpaired) electrons. The molecule has 1 aromatic carbocycles. The summed E-state index contributed by atoms with van der Waals surface area (Å²) in [5.41, 5.74) is -0.329. The van der Waals surface area contributed by atoms with Gasteiger partial charge >= 0.3 is 15.5 Å². The third kappa shape index (κ3) is 4.10. The number of anilines is 2. The number of sulfonamides is 1. The Hall–Kier alpha value is -1.81. The van der Waals surface area contributed by atoms with Crippen molar-refractivity contribution in [3.8, 4) is 0 Å². The van der Waals surface area contributed by atoms with E-state index in [0.717, 1.165) is 12.1 Å². The van der Waals surface area contributed by atoms with Gasteiger partial charge in [-0.3, -0.25) is 9.52 Å². The molecule has 19 heavy (non-hydrogen) atoms. The first-order valence-corrected chi connectivity index (χ1v) is 6.33. The number of benzene rings is 1. The van der Waals surface area contributed by atoms with Crippen LogP contribution in [-0.2, 0) is 14.8 Å². The van der Waals surface area contributed by atoms with Gasteiger partial charge in [-0.15, -0.1) is 0 Å². The number of nitrogens with one attached hydrogen (secondary N) is 2. The molecule has 0 aliphatic heterocycles. The van der Waals surface area contributed by atoms with Crippen molar-refractivity contribution in [3.63, 3.8) is 0 Å². The molecule has 0 aliphatic rings. The van der Waals surface area contributed by atoms with Crippen molar-refractivity contribution in [2.24, 2.45) is 5.73 Å². The van der Waals surface area contributed by atoms with Crippen LogP contribution in [0.1, 0.15) is 0 Å². The molecular formula is C9H10F3N3O3S.